The third-order valence-electron chi connectivity index (χ3n) is 3.16. The standard InChI is InChI=1S/C15H20N2O/c1-2-3-4-5-10-17-15(18)13-7-6-8-14-12(13)9-11-16-14/h6-9,11,16H,2-5,10H2,1H3,(H,17,18). The molecule has 0 aliphatic carbocycles. The van der Waals surface area contributed by atoms with Crippen LogP contribution in [-0.2, 0) is 0 Å². The lowest BCUT2D eigenvalue weighted by molar-refractivity contribution is 0.0954. The van der Waals surface area contributed by atoms with E-state index in [9.17, 15) is 4.79 Å². The molecule has 1 aromatic heterocycles. The van der Waals surface area contributed by atoms with Crippen LogP contribution >= 0.6 is 0 Å². The number of carbonyl (C=O) groups is 1. The Bertz CT molecular complexity index is 516. The lowest BCUT2D eigenvalue weighted by Crippen LogP contribution is -2.24. The predicted octanol–water partition coefficient (Wildman–Crippen LogP) is 3.48. The Morgan fingerprint density at radius 3 is 2.94 bits per heavy atom. The van der Waals surface area contributed by atoms with Gasteiger partial charge in [0.15, 0.2) is 0 Å². The van der Waals surface area contributed by atoms with Crippen molar-refractivity contribution in [3.8, 4) is 0 Å². The number of rotatable bonds is 6. The van der Waals surface area contributed by atoms with Crippen molar-refractivity contribution < 1.29 is 4.79 Å². The van der Waals surface area contributed by atoms with Crippen molar-refractivity contribution in [2.75, 3.05) is 6.54 Å². The van der Waals surface area contributed by atoms with E-state index in [1.165, 1.54) is 19.3 Å². The molecular formula is C15H20N2O. The molecule has 0 aliphatic rings. The van der Waals surface area contributed by atoms with Gasteiger partial charge >= 0.3 is 0 Å². The van der Waals surface area contributed by atoms with Gasteiger partial charge in [-0.2, -0.15) is 0 Å². The van der Waals surface area contributed by atoms with Gasteiger partial charge in [-0.05, 0) is 24.6 Å². The van der Waals surface area contributed by atoms with Crippen LogP contribution in [0.5, 0.6) is 0 Å². The summed E-state index contributed by atoms with van der Waals surface area (Å²) >= 11 is 0. The molecule has 18 heavy (non-hydrogen) atoms. The normalized spacial score (nSPS) is 10.7. The molecule has 2 N–H and O–H groups in total. The van der Waals surface area contributed by atoms with Gasteiger partial charge in [-0.15, -0.1) is 0 Å². The third kappa shape index (κ3) is 2.92. The molecule has 96 valence electrons. The summed E-state index contributed by atoms with van der Waals surface area (Å²) in [5.74, 6) is 0.0247. The Kier molecular flexibility index (Phi) is 4.40. The van der Waals surface area contributed by atoms with E-state index in [0.29, 0.717) is 0 Å². The highest BCUT2D eigenvalue weighted by Gasteiger charge is 2.09. The molecule has 2 rings (SSSR count). The molecule has 0 fully saturated rings. The first-order chi connectivity index (χ1) is 8.83. The van der Waals surface area contributed by atoms with Gasteiger partial charge < -0.3 is 10.3 Å². The number of H-pyrrole nitrogens is 1. The van der Waals surface area contributed by atoms with E-state index < -0.39 is 0 Å². The smallest absolute Gasteiger partial charge is 0.251 e. The van der Waals surface area contributed by atoms with E-state index in [0.717, 1.165) is 29.4 Å². The average Bonchev–Trinajstić information content (AvgIpc) is 2.86. The van der Waals surface area contributed by atoms with E-state index in [2.05, 4.69) is 17.2 Å². The van der Waals surface area contributed by atoms with Gasteiger partial charge in [-0.3, -0.25) is 4.79 Å². The maximum absolute atomic E-state index is 12.1. The largest absolute Gasteiger partial charge is 0.361 e. The van der Waals surface area contributed by atoms with Crippen molar-refractivity contribution in [1.82, 2.24) is 10.3 Å². The van der Waals surface area contributed by atoms with Gasteiger partial charge in [0.2, 0.25) is 0 Å². The number of benzene rings is 1. The zero-order chi connectivity index (χ0) is 12.8. The number of aromatic nitrogens is 1. The van der Waals surface area contributed by atoms with Crippen LogP contribution in [-0.4, -0.2) is 17.4 Å². The molecule has 0 bridgehead atoms. The van der Waals surface area contributed by atoms with Crippen LogP contribution in [0.1, 0.15) is 43.0 Å². The Labute approximate surface area is 108 Å². The monoisotopic (exact) mass is 244 g/mol. The summed E-state index contributed by atoms with van der Waals surface area (Å²) < 4.78 is 0. The molecule has 3 nitrogen and oxygen atoms in total. The summed E-state index contributed by atoms with van der Waals surface area (Å²) in [7, 11) is 0. The summed E-state index contributed by atoms with van der Waals surface area (Å²) in [6.07, 6.45) is 6.57. The average molecular weight is 244 g/mol. The Morgan fingerprint density at radius 2 is 2.11 bits per heavy atom. The summed E-state index contributed by atoms with van der Waals surface area (Å²) in [4.78, 5) is 15.2. The second-order valence-electron chi connectivity index (χ2n) is 4.56. The molecule has 0 spiro atoms. The molecule has 0 atom stereocenters. The van der Waals surface area contributed by atoms with E-state index >= 15 is 0 Å². The first kappa shape index (κ1) is 12.7. The van der Waals surface area contributed by atoms with Crippen molar-refractivity contribution in [1.29, 1.82) is 0 Å². The summed E-state index contributed by atoms with van der Waals surface area (Å²) in [6, 6.07) is 7.71. The minimum atomic E-state index is 0.0247. The second kappa shape index (κ2) is 6.24. The first-order valence-corrected chi connectivity index (χ1v) is 6.67. The van der Waals surface area contributed by atoms with Crippen LogP contribution < -0.4 is 5.32 Å². The number of nitrogens with one attached hydrogen (secondary N) is 2. The molecule has 0 unspecified atom stereocenters. The second-order valence-corrected chi connectivity index (χ2v) is 4.56. The van der Waals surface area contributed by atoms with Crippen molar-refractivity contribution in [3.63, 3.8) is 0 Å². The van der Waals surface area contributed by atoms with Crippen LogP contribution in [0.4, 0.5) is 0 Å². The fourth-order valence-electron chi connectivity index (χ4n) is 2.13. The molecule has 2 aromatic rings. The van der Waals surface area contributed by atoms with E-state index in [4.69, 9.17) is 0 Å². The Hall–Kier alpha value is -1.77. The summed E-state index contributed by atoms with van der Waals surface area (Å²) in [6.45, 7) is 2.95. The van der Waals surface area contributed by atoms with Crippen LogP contribution in [0.2, 0.25) is 0 Å². The minimum absolute atomic E-state index is 0.0247. The molecular weight excluding hydrogens is 224 g/mol. The Morgan fingerprint density at radius 1 is 1.22 bits per heavy atom. The predicted molar refractivity (Wildman–Crippen MR) is 74.8 cm³/mol. The highest BCUT2D eigenvalue weighted by Crippen LogP contribution is 2.17. The quantitative estimate of drug-likeness (QED) is 0.751. The first-order valence-electron chi connectivity index (χ1n) is 6.67. The number of unbranched alkanes of at least 4 members (excludes halogenated alkanes) is 3. The van der Waals surface area contributed by atoms with Gasteiger partial charge in [0.05, 0.1) is 0 Å². The Balaban J connectivity index is 1.94. The highest BCUT2D eigenvalue weighted by molar-refractivity contribution is 6.06. The maximum atomic E-state index is 12.1. The van der Waals surface area contributed by atoms with Gasteiger partial charge in [-0.1, -0.05) is 32.3 Å². The molecule has 0 saturated carbocycles. The number of aromatic amines is 1. The summed E-state index contributed by atoms with van der Waals surface area (Å²) in [5.41, 5.74) is 1.76. The number of amides is 1. The van der Waals surface area contributed by atoms with Gasteiger partial charge in [-0.25, -0.2) is 0 Å². The molecule has 1 aromatic carbocycles. The number of hydrogen-bond acceptors (Lipinski definition) is 1. The number of carbonyl (C=O) groups excluding carboxylic acids is 1. The van der Waals surface area contributed by atoms with Crippen LogP contribution in [0.3, 0.4) is 0 Å². The van der Waals surface area contributed by atoms with Crippen molar-refractivity contribution in [3.05, 3.63) is 36.0 Å². The fraction of sp³-hybridized carbons (Fsp3) is 0.400. The zero-order valence-electron chi connectivity index (χ0n) is 10.8. The molecule has 0 radical (unpaired) electrons. The highest BCUT2D eigenvalue weighted by atomic mass is 16.1. The van der Waals surface area contributed by atoms with Crippen molar-refractivity contribution in [2.45, 2.75) is 32.6 Å². The lowest BCUT2D eigenvalue weighted by Gasteiger charge is -2.06. The lowest BCUT2D eigenvalue weighted by atomic mass is 10.1. The maximum Gasteiger partial charge on any atom is 0.251 e. The van der Waals surface area contributed by atoms with Crippen molar-refractivity contribution in [2.24, 2.45) is 0 Å². The van der Waals surface area contributed by atoms with E-state index in [-0.39, 0.29) is 5.91 Å². The van der Waals surface area contributed by atoms with E-state index in [1.807, 2.05) is 30.5 Å². The van der Waals surface area contributed by atoms with Crippen molar-refractivity contribution >= 4 is 16.8 Å². The molecule has 1 heterocycles. The van der Waals surface area contributed by atoms with Crippen LogP contribution in [0.15, 0.2) is 30.5 Å². The summed E-state index contributed by atoms with van der Waals surface area (Å²) in [5, 5.41) is 3.98. The fourth-order valence-corrected chi connectivity index (χ4v) is 2.13. The number of fused-ring (bicyclic) bond motifs is 1. The van der Waals surface area contributed by atoms with E-state index in [1.54, 1.807) is 0 Å². The molecule has 1 amide bonds. The van der Waals surface area contributed by atoms with Gasteiger partial charge in [0.25, 0.3) is 5.91 Å². The third-order valence-corrected chi connectivity index (χ3v) is 3.16. The van der Waals surface area contributed by atoms with Gasteiger partial charge in [0, 0.05) is 29.2 Å². The topological polar surface area (TPSA) is 44.9 Å². The molecule has 0 aliphatic heterocycles. The molecule has 3 heteroatoms. The minimum Gasteiger partial charge on any atom is -0.361 e. The van der Waals surface area contributed by atoms with Crippen LogP contribution in [0.25, 0.3) is 10.9 Å². The SMILES string of the molecule is CCCCCCNC(=O)c1cccc2[nH]ccc12. The van der Waals surface area contributed by atoms with Crippen LogP contribution in [0, 0.1) is 0 Å². The zero-order valence-corrected chi connectivity index (χ0v) is 10.8. The van der Waals surface area contributed by atoms with Gasteiger partial charge in [0.1, 0.15) is 0 Å². The molecule has 0 saturated heterocycles. The number of hydrogen-bond donors (Lipinski definition) is 2.